The standard InChI is InChI=1S/C24H19FN2O3/c25-18-10-6-9-17(13-18)14-21(28)27-23-22(26-15-16-7-2-1-3-8-16)19-11-4-5-12-20(19)30-24(23)29/h1-13,26H,14-15H2,(H,27,28). The lowest BCUT2D eigenvalue weighted by Crippen LogP contribution is -2.21. The van der Waals surface area contributed by atoms with Crippen molar-refractivity contribution in [3.05, 3.63) is 106 Å². The Morgan fingerprint density at radius 3 is 2.40 bits per heavy atom. The summed E-state index contributed by atoms with van der Waals surface area (Å²) in [4.78, 5) is 25.2. The quantitative estimate of drug-likeness (QED) is 0.458. The number of hydrogen-bond acceptors (Lipinski definition) is 4. The molecule has 0 aliphatic heterocycles. The molecule has 0 fully saturated rings. The maximum atomic E-state index is 13.4. The first kappa shape index (κ1) is 19.4. The SMILES string of the molecule is O=C(Cc1cccc(F)c1)Nc1c(NCc2ccccc2)c2ccccc2oc1=O. The molecule has 0 saturated carbocycles. The molecule has 0 aliphatic carbocycles. The minimum atomic E-state index is -0.656. The largest absolute Gasteiger partial charge is 0.421 e. The Kier molecular flexibility index (Phi) is 5.57. The second-order valence-electron chi connectivity index (χ2n) is 6.83. The van der Waals surface area contributed by atoms with Crippen LogP contribution in [0.1, 0.15) is 11.1 Å². The number of fused-ring (bicyclic) bond motifs is 1. The van der Waals surface area contributed by atoms with Gasteiger partial charge < -0.3 is 15.1 Å². The molecule has 5 nitrogen and oxygen atoms in total. The molecule has 1 amide bonds. The number of para-hydroxylation sites is 1. The van der Waals surface area contributed by atoms with Gasteiger partial charge in [-0.2, -0.15) is 0 Å². The Balaban J connectivity index is 1.66. The van der Waals surface area contributed by atoms with Crippen molar-refractivity contribution < 1.29 is 13.6 Å². The number of carbonyl (C=O) groups is 1. The minimum Gasteiger partial charge on any atom is -0.421 e. The molecule has 6 heteroatoms. The van der Waals surface area contributed by atoms with Crippen molar-refractivity contribution in [2.24, 2.45) is 0 Å². The van der Waals surface area contributed by atoms with Gasteiger partial charge in [0.05, 0.1) is 12.1 Å². The number of hydrogen-bond donors (Lipinski definition) is 2. The topological polar surface area (TPSA) is 71.3 Å². The number of rotatable bonds is 6. The lowest BCUT2D eigenvalue weighted by molar-refractivity contribution is -0.115. The predicted octanol–water partition coefficient (Wildman–Crippen LogP) is 4.73. The van der Waals surface area contributed by atoms with E-state index < -0.39 is 17.3 Å². The summed E-state index contributed by atoms with van der Waals surface area (Å²) in [5.41, 5.74) is 1.81. The van der Waals surface area contributed by atoms with Crippen LogP contribution in [0.2, 0.25) is 0 Å². The number of halogens is 1. The van der Waals surface area contributed by atoms with Gasteiger partial charge in [0.15, 0.2) is 5.69 Å². The average molecular weight is 402 g/mol. The molecule has 1 aromatic heterocycles. The summed E-state index contributed by atoms with van der Waals surface area (Å²) in [7, 11) is 0. The number of amides is 1. The molecule has 30 heavy (non-hydrogen) atoms. The Morgan fingerprint density at radius 2 is 1.60 bits per heavy atom. The van der Waals surface area contributed by atoms with Gasteiger partial charge in [-0.15, -0.1) is 0 Å². The summed E-state index contributed by atoms with van der Waals surface area (Å²) in [6, 6.07) is 22.6. The smallest absolute Gasteiger partial charge is 0.362 e. The predicted molar refractivity (Wildman–Crippen MR) is 115 cm³/mol. The molecule has 0 saturated heterocycles. The summed E-state index contributed by atoms with van der Waals surface area (Å²) < 4.78 is 18.8. The van der Waals surface area contributed by atoms with Crippen molar-refractivity contribution in [2.45, 2.75) is 13.0 Å². The lowest BCUT2D eigenvalue weighted by Gasteiger charge is -2.14. The highest BCUT2D eigenvalue weighted by Crippen LogP contribution is 2.29. The fraction of sp³-hybridized carbons (Fsp3) is 0.0833. The van der Waals surface area contributed by atoms with Crippen molar-refractivity contribution in [2.75, 3.05) is 10.6 Å². The van der Waals surface area contributed by atoms with E-state index >= 15 is 0 Å². The normalized spacial score (nSPS) is 10.7. The van der Waals surface area contributed by atoms with Gasteiger partial charge >= 0.3 is 5.63 Å². The van der Waals surface area contributed by atoms with Gasteiger partial charge in [-0.25, -0.2) is 9.18 Å². The Labute approximate surface area is 172 Å². The first-order valence-corrected chi connectivity index (χ1v) is 9.48. The van der Waals surface area contributed by atoms with E-state index in [2.05, 4.69) is 10.6 Å². The fourth-order valence-electron chi connectivity index (χ4n) is 3.25. The average Bonchev–Trinajstić information content (AvgIpc) is 2.74. The first-order valence-electron chi connectivity index (χ1n) is 9.48. The third-order valence-electron chi connectivity index (χ3n) is 4.64. The molecular formula is C24H19FN2O3. The van der Waals surface area contributed by atoms with Crippen LogP contribution < -0.4 is 16.3 Å². The van der Waals surface area contributed by atoms with E-state index in [-0.39, 0.29) is 12.1 Å². The fourth-order valence-corrected chi connectivity index (χ4v) is 3.25. The zero-order valence-electron chi connectivity index (χ0n) is 16.0. The zero-order chi connectivity index (χ0) is 20.9. The summed E-state index contributed by atoms with van der Waals surface area (Å²) in [5, 5.41) is 6.58. The summed E-state index contributed by atoms with van der Waals surface area (Å²) in [6.45, 7) is 0.459. The van der Waals surface area contributed by atoms with Gasteiger partial charge in [0.1, 0.15) is 11.4 Å². The number of nitrogens with one attached hydrogen (secondary N) is 2. The van der Waals surface area contributed by atoms with Crippen LogP contribution in [0.3, 0.4) is 0 Å². The molecule has 0 unspecified atom stereocenters. The van der Waals surface area contributed by atoms with E-state index in [0.717, 1.165) is 5.56 Å². The molecule has 1 heterocycles. The number of anilines is 2. The van der Waals surface area contributed by atoms with Crippen LogP contribution in [0.4, 0.5) is 15.8 Å². The zero-order valence-corrected chi connectivity index (χ0v) is 16.0. The molecular weight excluding hydrogens is 383 g/mol. The first-order chi connectivity index (χ1) is 14.6. The van der Waals surface area contributed by atoms with E-state index in [4.69, 9.17) is 4.42 Å². The van der Waals surface area contributed by atoms with Crippen LogP contribution >= 0.6 is 0 Å². The van der Waals surface area contributed by atoms with E-state index in [0.29, 0.717) is 28.8 Å². The van der Waals surface area contributed by atoms with Crippen molar-refractivity contribution >= 4 is 28.3 Å². The van der Waals surface area contributed by atoms with Crippen molar-refractivity contribution in [3.63, 3.8) is 0 Å². The van der Waals surface area contributed by atoms with E-state index in [1.54, 1.807) is 18.2 Å². The van der Waals surface area contributed by atoms with Crippen LogP contribution in [0.15, 0.2) is 88.1 Å². The van der Waals surface area contributed by atoms with Crippen molar-refractivity contribution in [1.29, 1.82) is 0 Å². The monoisotopic (exact) mass is 402 g/mol. The van der Waals surface area contributed by atoms with Gasteiger partial charge in [0.2, 0.25) is 5.91 Å². The van der Waals surface area contributed by atoms with Crippen LogP contribution in [0.5, 0.6) is 0 Å². The molecule has 0 aliphatic rings. The van der Waals surface area contributed by atoms with Gasteiger partial charge in [-0.05, 0) is 35.4 Å². The highest BCUT2D eigenvalue weighted by Gasteiger charge is 2.17. The van der Waals surface area contributed by atoms with Gasteiger partial charge in [0.25, 0.3) is 0 Å². The molecule has 4 rings (SSSR count). The molecule has 4 aromatic rings. The van der Waals surface area contributed by atoms with Crippen LogP contribution in [-0.2, 0) is 17.8 Å². The molecule has 2 N–H and O–H groups in total. The van der Waals surface area contributed by atoms with Crippen molar-refractivity contribution in [3.8, 4) is 0 Å². The van der Waals surface area contributed by atoms with Crippen molar-refractivity contribution in [1.82, 2.24) is 0 Å². The summed E-state index contributed by atoms with van der Waals surface area (Å²) in [6.07, 6.45) is -0.0673. The maximum absolute atomic E-state index is 13.4. The van der Waals surface area contributed by atoms with Crippen LogP contribution in [0.25, 0.3) is 11.0 Å². The van der Waals surface area contributed by atoms with Gasteiger partial charge in [-0.3, -0.25) is 4.79 Å². The number of carbonyl (C=O) groups excluding carboxylic acids is 1. The Hall–Kier alpha value is -3.93. The minimum absolute atomic E-state index is 0.0334. The van der Waals surface area contributed by atoms with E-state index in [9.17, 15) is 14.0 Å². The number of benzene rings is 3. The highest BCUT2D eigenvalue weighted by atomic mass is 19.1. The Bertz CT molecular complexity index is 1250. The summed E-state index contributed by atoms with van der Waals surface area (Å²) in [5.74, 6) is -0.860. The van der Waals surface area contributed by atoms with Gasteiger partial charge in [0, 0.05) is 11.9 Å². The molecule has 0 bridgehead atoms. The summed E-state index contributed by atoms with van der Waals surface area (Å²) >= 11 is 0. The Morgan fingerprint density at radius 1 is 0.867 bits per heavy atom. The third kappa shape index (κ3) is 4.38. The second-order valence-corrected chi connectivity index (χ2v) is 6.83. The molecule has 3 aromatic carbocycles. The lowest BCUT2D eigenvalue weighted by atomic mass is 10.1. The van der Waals surface area contributed by atoms with E-state index in [1.807, 2.05) is 42.5 Å². The molecule has 150 valence electrons. The highest BCUT2D eigenvalue weighted by molar-refractivity contribution is 6.02. The molecule has 0 spiro atoms. The third-order valence-corrected chi connectivity index (χ3v) is 4.64. The van der Waals surface area contributed by atoms with Gasteiger partial charge in [-0.1, -0.05) is 54.6 Å². The van der Waals surface area contributed by atoms with E-state index in [1.165, 1.54) is 18.2 Å². The second kappa shape index (κ2) is 8.61. The van der Waals surface area contributed by atoms with Crippen LogP contribution in [-0.4, -0.2) is 5.91 Å². The molecule has 0 atom stereocenters. The maximum Gasteiger partial charge on any atom is 0.362 e. The van der Waals surface area contributed by atoms with Crippen LogP contribution in [0, 0.1) is 5.82 Å². The molecule has 0 radical (unpaired) electrons.